The van der Waals surface area contributed by atoms with Gasteiger partial charge in [-0.05, 0) is 27.7 Å². The van der Waals surface area contributed by atoms with Crippen molar-refractivity contribution < 1.29 is 19.2 Å². The van der Waals surface area contributed by atoms with E-state index in [1.807, 2.05) is 6.07 Å². The summed E-state index contributed by atoms with van der Waals surface area (Å²) in [6.07, 6.45) is -0.711. The van der Waals surface area contributed by atoms with E-state index in [1.54, 1.807) is 45.0 Å². The molecule has 1 amide bonds. The van der Waals surface area contributed by atoms with Gasteiger partial charge < -0.3 is 20.6 Å². The van der Waals surface area contributed by atoms with Gasteiger partial charge in [-0.25, -0.2) is 9.59 Å². The highest BCUT2D eigenvalue weighted by atomic mass is 16.7. The first-order chi connectivity index (χ1) is 10.2. The number of hydrogen-bond donors (Lipinski definition) is 2. The molecule has 0 saturated carbocycles. The van der Waals surface area contributed by atoms with Crippen molar-refractivity contribution >= 4 is 17.9 Å². The topological polar surface area (TPSA) is 103 Å². The molecule has 1 aromatic rings. The van der Waals surface area contributed by atoms with E-state index in [2.05, 4.69) is 10.5 Å². The summed E-state index contributed by atoms with van der Waals surface area (Å²) in [6, 6.07) is 7.94. The molecule has 0 fully saturated rings. The molecule has 0 aliphatic rings. The predicted molar refractivity (Wildman–Crippen MR) is 82.1 cm³/mol. The van der Waals surface area contributed by atoms with Crippen molar-refractivity contribution in [3.63, 3.8) is 0 Å². The molecule has 0 spiro atoms. The van der Waals surface area contributed by atoms with Crippen LogP contribution in [0.25, 0.3) is 0 Å². The number of hydrogen-bond acceptors (Lipinski definition) is 5. The van der Waals surface area contributed by atoms with Crippen LogP contribution in [0, 0.1) is 0 Å². The average Bonchev–Trinajstić information content (AvgIpc) is 2.43. The zero-order valence-electron chi connectivity index (χ0n) is 13.1. The third-order valence-corrected chi connectivity index (χ3v) is 2.39. The van der Waals surface area contributed by atoms with E-state index >= 15 is 0 Å². The number of amidine groups is 1. The van der Waals surface area contributed by atoms with E-state index in [0.717, 1.165) is 0 Å². The molecule has 3 N–H and O–H groups in total. The number of alkyl carbamates (subject to hydrolysis) is 1. The lowest BCUT2D eigenvalue weighted by Crippen LogP contribution is -2.42. The summed E-state index contributed by atoms with van der Waals surface area (Å²) in [5, 5.41) is 5.90. The molecule has 1 atom stereocenters. The monoisotopic (exact) mass is 307 g/mol. The smallest absolute Gasteiger partial charge is 0.408 e. The van der Waals surface area contributed by atoms with Gasteiger partial charge in [-0.2, -0.15) is 0 Å². The van der Waals surface area contributed by atoms with Crippen LogP contribution >= 0.6 is 0 Å². The molecule has 120 valence electrons. The van der Waals surface area contributed by atoms with Crippen molar-refractivity contribution in [1.29, 1.82) is 0 Å². The van der Waals surface area contributed by atoms with E-state index in [4.69, 9.17) is 15.3 Å². The fourth-order valence-electron chi connectivity index (χ4n) is 1.38. The van der Waals surface area contributed by atoms with Crippen molar-refractivity contribution in [2.24, 2.45) is 10.9 Å². The molecule has 0 aliphatic heterocycles. The van der Waals surface area contributed by atoms with Crippen LogP contribution in [0.3, 0.4) is 0 Å². The number of rotatable bonds is 4. The molecular weight excluding hydrogens is 286 g/mol. The van der Waals surface area contributed by atoms with Gasteiger partial charge in [-0.15, -0.1) is 0 Å². The quantitative estimate of drug-likeness (QED) is 0.382. The highest BCUT2D eigenvalue weighted by Gasteiger charge is 2.22. The lowest BCUT2D eigenvalue weighted by Gasteiger charge is -2.20. The first-order valence-corrected chi connectivity index (χ1v) is 6.78. The molecular formula is C15H21N3O4. The van der Waals surface area contributed by atoms with Crippen molar-refractivity contribution in [3.8, 4) is 0 Å². The number of nitrogens with zero attached hydrogens (tertiary/aromatic N) is 1. The number of nitrogens with two attached hydrogens (primary N) is 1. The minimum absolute atomic E-state index is 0.0680. The lowest BCUT2D eigenvalue weighted by atomic mass is 10.2. The van der Waals surface area contributed by atoms with Crippen LogP contribution in [-0.4, -0.2) is 29.5 Å². The van der Waals surface area contributed by atoms with Gasteiger partial charge in [0.25, 0.3) is 0 Å². The molecule has 0 saturated heterocycles. The van der Waals surface area contributed by atoms with Crippen LogP contribution < -0.4 is 11.1 Å². The summed E-state index contributed by atoms with van der Waals surface area (Å²) in [5.41, 5.74) is 5.67. The standard InChI is InChI=1S/C15H21N3O4/c1-10(17-14(20)21-15(2,3)4)13(19)22-18-12(16)11-8-6-5-7-9-11/h5-10H,1-4H3,(H2,16,18)(H,17,20)/t10-/m0/s1. The number of nitrogens with one attached hydrogen (secondary N) is 1. The Balaban J connectivity index is 2.53. The van der Waals surface area contributed by atoms with Crippen LogP contribution in [0.2, 0.25) is 0 Å². The second-order valence-electron chi connectivity index (χ2n) is 5.62. The van der Waals surface area contributed by atoms with Gasteiger partial charge in [0.05, 0.1) is 0 Å². The number of carbonyl (C=O) groups excluding carboxylic acids is 2. The third-order valence-electron chi connectivity index (χ3n) is 2.39. The first-order valence-electron chi connectivity index (χ1n) is 6.78. The largest absolute Gasteiger partial charge is 0.444 e. The van der Waals surface area contributed by atoms with Gasteiger partial charge in [-0.1, -0.05) is 35.5 Å². The Hall–Kier alpha value is -2.57. The molecule has 0 heterocycles. The minimum Gasteiger partial charge on any atom is -0.444 e. The molecule has 7 nitrogen and oxygen atoms in total. The molecule has 1 rings (SSSR count). The van der Waals surface area contributed by atoms with E-state index in [0.29, 0.717) is 5.56 Å². The fourth-order valence-corrected chi connectivity index (χ4v) is 1.38. The Morgan fingerprint density at radius 1 is 1.23 bits per heavy atom. The summed E-state index contributed by atoms with van der Waals surface area (Å²) in [6.45, 7) is 6.63. The number of benzene rings is 1. The number of oxime groups is 1. The maximum Gasteiger partial charge on any atom is 0.408 e. The summed E-state index contributed by atoms with van der Waals surface area (Å²) >= 11 is 0. The molecule has 1 aromatic carbocycles. The fraction of sp³-hybridized carbons (Fsp3) is 0.400. The maximum absolute atomic E-state index is 11.7. The van der Waals surface area contributed by atoms with Crippen molar-refractivity contribution in [2.75, 3.05) is 0 Å². The highest BCUT2D eigenvalue weighted by Crippen LogP contribution is 2.07. The first kappa shape index (κ1) is 17.5. The number of carbonyl (C=O) groups is 2. The summed E-state index contributed by atoms with van der Waals surface area (Å²) < 4.78 is 5.04. The van der Waals surface area contributed by atoms with Crippen LogP contribution in [-0.2, 0) is 14.4 Å². The van der Waals surface area contributed by atoms with Crippen molar-refractivity contribution in [1.82, 2.24) is 5.32 Å². The lowest BCUT2D eigenvalue weighted by molar-refractivity contribution is -0.145. The Labute approximate surface area is 129 Å². The second-order valence-corrected chi connectivity index (χ2v) is 5.62. The van der Waals surface area contributed by atoms with E-state index in [-0.39, 0.29) is 5.84 Å². The molecule has 7 heteroatoms. The van der Waals surface area contributed by atoms with Gasteiger partial charge in [0.15, 0.2) is 5.84 Å². The third kappa shape index (κ3) is 6.25. The normalized spacial score (nSPS) is 13.2. The minimum atomic E-state index is -0.915. The van der Waals surface area contributed by atoms with Gasteiger partial charge in [0.1, 0.15) is 11.6 Å². The molecule has 0 unspecified atom stereocenters. The zero-order chi connectivity index (χ0) is 16.8. The Bertz CT molecular complexity index is 550. The van der Waals surface area contributed by atoms with E-state index in [1.165, 1.54) is 6.92 Å². The molecule has 22 heavy (non-hydrogen) atoms. The summed E-state index contributed by atoms with van der Waals surface area (Å²) in [4.78, 5) is 28.0. The Kier molecular flexibility index (Phi) is 5.91. The summed E-state index contributed by atoms with van der Waals surface area (Å²) in [5.74, 6) is -0.678. The average molecular weight is 307 g/mol. The molecule has 0 aliphatic carbocycles. The van der Waals surface area contributed by atoms with Crippen LogP contribution in [0.15, 0.2) is 35.5 Å². The van der Waals surface area contributed by atoms with Gasteiger partial charge in [-0.3, -0.25) is 0 Å². The van der Waals surface area contributed by atoms with Crippen molar-refractivity contribution in [3.05, 3.63) is 35.9 Å². The van der Waals surface area contributed by atoms with Gasteiger partial charge >= 0.3 is 12.1 Å². The molecule has 0 aromatic heterocycles. The van der Waals surface area contributed by atoms with Crippen LogP contribution in [0.5, 0.6) is 0 Å². The molecule has 0 radical (unpaired) electrons. The van der Waals surface area contributed by atoms with E-state index in [9.17, 15) is 9.59 Å². The zero-order valence-corrected chi connectivity index (χ0v) is 13.1. The highest BCUT2D eigenvalue weighted by molar-refractivity contribution is 5.97. The molecule has 0 bridgehead atoms. The summed E-state index contributed by atoms with van der Waals surface area (Å²) in [7, 11) is 0. The Morgan fingerprint density at radius 2 is 1.82 bits per heavy atom. The van der Waals surface area contributed by atoms with Gasteiger partial charge in [0.2, 0.25) is 0 Å². The number of ether oxygens (including phenoxy) is 1. The second kappa shape index (κ2) is 7.44. The van der Waals surface area contributed by atoms with Crippen molar-refractivity contribution in [2.45, 2.75) is 39.3 Å². The maximum atomic E-state index is 11.7. The Morgan fingerprint density at radius 3 is 2.36 bits per heavy atom. The van der Waals surface area contributed by atoms with Crippen LogP contribution in [0.4, 0.5) is 4.79 Å². The predicted octanol–water partition coefficient (Wildman–Crippen LogP) is 1.76. The van der Waals surface area contributed by atoms with Gasteiger partial charge in [0, 0.05) is 5.56 Å². The SMILES string of the molecule is C[C@H](NC(=O)OC(C)(C)C)C(=O)O/N=C(\N)c1ccccc1. The van der Waals surface area contributed by atoms with Crippen LogP contribution in [0.1, 0.15) is 33.3 Å². The number of amides is 1. The van der Waals surface area contributed by atoms with E-state index < -0.39 is 23.7 Å².